The van der Waals surface area contributed by atoms with Crippen LogP contribution in [0, 0.1) is 10.1 Å². The van der Waals surface area contributed by atoms with E-state index in [-0.39, 0.29) is 22.1 Å². The lowest BCUT2D eigenvalue weighted by Gasteiger charge is -2.41. The number of hydrogen-bond donors (Lipinski definition) is 1. The predicted octanol–water partition coefficient (Wildman–Crippen LogP) is 2.48. The van der Waals surface area contributed by atoms with E-state index in [2.05, 4.69) is 5.32 Å². The summed E-state index contributed by atoms with van der Waals surface area (Å²) in [7, 11) is 0. The third-order valence-electron chi connectivity index (χ3n) is 4.72. The number of benzene rings is 1. The Labute approximate surface area is 134 Å². The summed E-state index contributed by atoms with van der Waals surface area (Å²) in [5, 5.41) is 14.3. The van der Waals surface area contributed by atoms with Gasteiger partial charge in [-0.2, -0.15) is 0 Å². The topological polar surface area (TPSA) is 84.7 Å². The highest BCUT2D eigenvalue weighted by Gasteiger charge is 2.34. The van der Waals surface area contributed by atoms with Crippen molar-refractivity contribution in [2.24, 2.45) is 0 Å². The van der Waals surface area contributed by atoms with Gasteiger partial charge in [0.25, 0.3) is 5.69 Å². The van der Waals surface area contributed by atoms with Gasteiger partial charge in [0, 0.05) is 31.3 Å². The Hall–Kier alpha value is -2.15. The normalized spacial score (nSPS) is 24.1. The molecule has 1 aromatic rings. The zero-order chi connectivity index (χ0) is 16.6. The summed E-state index contributed by atoms with van der Waals surface area (Å²) in [4.78, 5) is 24.8. The quantitative estimate of drug-likeness (QED) is 0.683. The summed E-state index contributed by atoms with van der Waals surface area (Å²) in [5.74, 6) is -0.0438. The molecular weight excluding hydrogens is 298 g/mol. The summed E-state index contributed by atoms with van der Waals surface area (Å²) in [6, 6.07) is 3.34. The molecule has 1 N–H and O–H groups in total. The summed E-state index contributed by atoms with van der Waals surface area (Å²) >= 11 is 0. The van der Waals surface area contributed by atoms with E-state index in [0.717, 1.165) is 12.0 Å². The molecule has 1 fully saturated rings. The molecule has 3 rings (SSSR count). The Kier molecular flexibility index (Phi) is 3.97. The van der Waals surface area contributed by atoms with Crippen molar-refractivity contribution < 1.29 is 14.5 Å². The van der Waals surface area contributed by atoms with Crippen molar-refractivity contribution in [2.45, 2.75) is 38.7 Å². The van der Waals surface area contributed by atoms with Gasteiger partial charge in [0.2, 0.25) is 5.91 Å². The molecule has 0 bridgehead atoms. The number of aryl methyl sites for hydroxylation is 1. The fourth-order valence-electron chi connectivity index (χ4n) is 3.15. The molecule has 7 heteroatoms. The molecule has 0 radical (unpaired) electrons. The van der Waals surface area contributed by atoms with E-state index >= 15 is 0 Å². The average molecular weight is 319 g/mol. The molecule has 2 heterocycles. The maximum atomic E-state index is 11.6. The van der Waals surface area contributed by atoms with E-state index in [1.165, 1.54) is 0 Å². The molecule has 1 unspecified atom stereocenters. The zero-order valence-corrected chi connectivity index (χ0v) is 13.4. The van der Waals surface area contributed by atoms with Crippen LogP contribution in [0.5, 0.6) is 0 Å². The van der Waals surface area contributed by atoms with Gasteiger partial charge in [-0.3, -0.25) is 14.9 Å². The lowest BCUT2D eigenvalue weighted by atomic mass is 9.98. The van der Waals surface area contributed by atoms with E-state index in [1.807, 2.05) is 18.7 Å². The summed E-state index contributed by atoms with van der Waals surface area (Å²) < 4.78 is 5.82. The number of carbonyl (C=O) groups excluding carboxylic acids is 1. The maximum absolute atomic E-state index is 11.6. The van der Waals surface area contributed by atoms with Crippen molar-refractivity contribution in [1.82, 2.24) is 0 Å². The number of nitrogens with zero attached hydrogens (tertiary/aromatic N) is 2. The van der Waals surface area contributed by atoms with Crippen LogP contribution in [0.25, 0.3) is 0 Å². The number of nitro groups is 1. The molecular formula is C16H21N3O4. The number of nitrogens with one attached hydrogen (secondary N) is 1. The second-order valence-electron chi connectivity index (χ2n) is 6.38. The van der Waals surface area contributed by atoms with Crippen LogP contribution in [0.15, 0.2) is 12.1 Å². The van der Waals surface area contributed by atoms with Crippen LogP contribution in [0.2, 0.25) is 0 Å². The number of carbonyl (C=O) groups is 1. The van der Waals surface area contributed by atoms with Gasteiger partial charge in [0.1, 0.15) is 5.69 Å². The highest BCUT2D eigenvalue weighted by molar-refractivity contribution is 5.95. The Morgan fingerprint density at radius 3 is 2.91 bits per heavy atom. The predicted molar refractivity (Wildman–Crippen MR) is 86.9 cm³/mol. The van der Waals surface area contributed by atoms with Gasteiger partial charge in [-0.25, -0.2) is 0 Å². The Balaban J connectivity index is 2.01. The first kappa shape index (κ1) is 15.7. The molecule has 1 atom stereocenters. The maximum Gasteiger partial charge on any atom is 0.292 e. The highest BCUT2D eigenvalue weighted by atomic mass is 16.6. The third-order valence-corrected chi connectivity index (χ3v) is 4.72. The van der Waals surface area contributed by atoms with E-state index < -0.39 is 0 Å². The fraction of sp³-hybridized carbons (Fsp3) is 0.562. The lowest BCUT2D eigenvalue weighted by Crippen LogP contribution is -2.50. The zero-order valence-electron chi connectivity index (χ0n) is 13.4. The number of anilines is 2. The van der Waals surface area contributed by atoms with E-state index in [4.69, 9.17) is 4.74 Å². The van der Waals surface area contributed by atoms with Crippen LogP contribution in [-0.4, -0.2) is 36.1 Å². The average Bonchev–Trinajstić information content (AvgIpc) is 2.53. The number of rotatable bonds is 3. The fourth-order valence-corrected chi connectivity index (χ4v) is 3.15. The van der Waals surface area contributed by atoms with Gasteiger partial charge < -0.3 is 15.0 Å². The largest absolute Gasteiger partial charge is 0.372 e. The van der Waals surface area contributed by atoms with Crippen LogP contribution in [0.4, 0.5) is 17.1 Å². The van der Waals surface area contributed by atoms with Crippen molar-refractivity contribution in [3.05, 3.63) is 27.8 Å². The van der Waals surface area contributed by atoms with Crippen molar-refractivity contribution >= 4 is 23.0 Å². The van der Waals surface area contributed by atoms with Crippen molar-refractivity contribution in [3.63, 3.8) is 0 Å². The van der Waals surface area contributed by atoms with Crippen LogP contribution in [0.1, 0.15) is 32.3 Å². The monoisotopic (exact) mass is 319 g/mol. The van der Waals surface area contributed by atoms with Crippen LogP contribution in [0.3, 0.4) is 0 Å². The number of fused-ring (bicyclic) bond motifs is 1. The van der Waals surface area contributed by atoms with E-state index in [0.29, 0.717) is 43.9 Å². The second-order valence-corrected chi connectivity index (χ2v) is 6.38. The Bertz CT molecular complexity index is 661. The third kappa shape index (κ3) is 3.01. The Morgan fingerprint density at radius 1 is 1.43 bits per heavy atom. The second kappa shape index (κ2) is 5.81. The van der Waals surface area contributed by atoms with Crippen molar-refractivity contribution in [3.8, 4) is 0 Å². The van der Waals surface area contributed by atoms with Gasteiger partial charge in [-0.1, -0.05) is 6.92 Å². The molecule has 0 spiro atoms. The van der Waals surface area contributed by atoms with E-state index in [9.17, 15) is 14.9 Å². The van der Waals surface area contributed by atoms with E-state index in [1.54, 1.807) is 12.1 Å². The summed E-state index contributed by atoms with van der Waals surface area (Å²) in [6.07, 6.45) is 1.74. The molecule has 2 aliphatic heterocycles. The molecule has 2 aliphatic rings. The first-order valence-corrected chi connectivity index (χ1v) is 7.92. The minimum Gasteiger partial charge on any atom is -0.372 e. The Morgan fingerprint density at radius 2 is 2.22 bits per heavy atom. The molecule has 0 saturated carbocycles. The lowest BCUT2D eigenvalue weighted by molar-refractivity contribution is -0.384. The molecule has 0 aliphatic carbocycles. The summed E-state index contributed by atoms with van der Waals surface area (Å²) in [6.45, 7) is 5.79. The number of amides is 1. The number of hydrogen-bond acceptors (Lipinski definition) is 5. The van der Waals surface area contributed by atoms with Gasteiger partial charge >= 0.3 is 0 Å². The number of ether oxygens (including phenoxy) is 1. The van der Waals surface area contributed by atoms with Gasteiger partial charge in [0.05, 0.1) is 17.1 Å². The SMILES string of the molecule is CCC1(C)CN(c2cc3c(cc2[N+](=O)[O-])CCC(=O)N3)CCO1. The number of morpholine rings is 1. The van der Waals surface area contributed by atoms with Crippen molar-refractivity contribution in [2.75, 3.05) is 29.9 Å². The van der Waals surface area contributed by atoms with Crippen LogP contribution in [-0.2, 0) is 16.0 Å². The first-order valence-electron chi connectivity index (χ1n) is 7.92. The minimum absolute atomic E-state index is 0.0438. The summed E-state index contributed by atoms with van der Waals surface area (Å²) in [5.41, 5.74) is 1.85. The molecule has 23 heavy (non-hydrogen) atoms. The standard InChI is InChI=1S/C16H21N3O4/c1-3-16(2)10-18(6-7-23-16)13-9-12-11(4-5-15(20)17-12)8-14(13)19(21)22/h8-9H,3-7,10H2,1-2H3,(H,17,20). The van der Waals surface area contributed by atoms with Crippen LogP contribution >= 0.6 is 0 Å². The minimum atomic E-state index is -0.342. The van der Waals surface area contributed by atoms with Gasteiger partial charge in [-0.05, 0) is 31.4 Å². The van der Waals surface area contributed by atoms with Gasteiger partial charge in [-0.15, -0.1) is 0 Å². The molecule has 1 amide bonds. The molecule has 1 saturated heterocycles. The van der Waals surface area contributed by atoms with Crippen LogP contribution < -0.4 is 10.2 Å². The number of nitro benzene ring substituents is 1. The first-order chi connectivity index (χ1) is 10.9. The molecule has 1 aromatic carbocycles. The van der Waals surface area contributed by atoms with Gasteiger partial charge in [0.15, 0.2) is 0 Å². The molecule has 7 nitrogen and oxygen atoms in total. The smallest absolute Gasteiger partial charge is 0.292 e. The molecule has 0 aromatic heterocycles. The highest BCUT2D eigenvalue weighted by Crippen LogP contribution is 2.38. The van der Waals surface area contributed by atoms with Crippen molar-refractivity contribution in [1.29, 1.82) is 0 Å². The molecule has 124 valence electrons.